The van der Waals surface area contributed by atoms with Crippen molar-refractivity contribution < 1.29 is 17.9 Å². The highest BCUT2D eigenvalue weighted by molar-refractivity contribution is 7.99. The van der Waals surface area contributed by atoms with Crippen LogP contribution in [0.25, 0.3) is 0 Å². The lowest BCUT2D eigenvalue weighted by atomic mass is 10.2. The van der Waals surface area contributed by atoms with Gasteiger partial charge in [0.15, 0.2) is 0 Å². The van der Waals surface area contributed by atoms with Crippen LogP contribution in [0.2, 0.25) is 0 Å². The van der Waals surface area contributed by atoms with Gasteiger partial charge in [-0.2, -0.15) is 0 Å². The maximum atomic E-state index is 12.7. The van der Waals surface area contributed by atoms with Crippen LogP contribution >= 0.6 is 11.8 Å². The van der Waals surface area contributed by atoms with Gasteiger partial charge in [0.25, 0.3) is 10.0 Å². The maximum Gasteiger partial charge on any atom is 0.261 e. The molecule has 1 aliphatic rings. The summed E-state index contributed by atoms with van der Waals surface area (Å²) in [6.07, 6.45) is 0. The zero-order chi connectivity index (χ0) is 18.7. The lowest BCUT2D eigenvalue weighted by Gasteiger charge is -2.12. The highest BCUT2D eigenvalue weighted by Crippen LogP contribution is 2.34. The molecule has 1 aliphatic heterocycles. The molecule has 1 amide bonds. The van der Waals surface area contributed by atoms with Gasteiger partial charge in [-0.05, 0) is 49.4 Å². The van der Waals surface area contributed by atoms with Gasteiger partial charge in [-0.25, -0.2) is 8.42 Å². The normalized spacial score (nSPS) is 17.0. The van der Waals surface area contributed by atoms with Crippen LogP contribution in [-0.2, 0) is 14.8 Å². The van der Waals surface area contributed by atoms with Crippen molar-refractivity contribution in [3.63, 3.8) is 0 Å². The zero-order valence-corrected chi connectivity index (χ0v) is 16.1. The molecular weight excluding hydrogens is 372 g/mol. The van der Waals surface area contributed by atoms with Crippen LogP contribution in [0.15, 0.2) is 52.3 Å². The molecule has 0 fully saturated rings. The summed E-state index contributed by atoms with van der Waals surface area (Å²) < 4.78 is 33.2. The summed E-state index contributed by atoms with van der Waals surface area (Å²) in [6, 6.07) is 11.5. The smallest absolute Gasteiger partial charge is 0.261 e. The third-order valence-electron chi connectivity index (χ3n) is 3.87. The van der Waals surface area contributed by atoms with Gasteiger partial charge in [0, 0.05) is 22.3 Å². The van der Waals surface area contributed by atoms with Crippen molar-refractivity contribution >= 4 is 39.1 Å². The van der Waals surface area contributed by atoms with Crippen molar-refractivity contribution in [2.45, 2.75) is 23.6 Å². The molecule has 26 heavy (non-hydrogen) atoms. The molecule has 0 saturated carbocycles. The average molecular weight is 393 g/mol. The molecule has 0 saturated heterocycles. The van der Waals surface area contributed by atoms with E-state index < -0.39 is 10.0 Å². The average Bonchev–Trinajstić information content (AvgIpc) is 2.75. The highest BCUT2D eigenvalue weighted by atomic mass is 32.2. The fraction of sp³-hybridized carbons (Fsp3) is 0.278. The lowest BCUT2D eigenvalue weighted by Crippen LogP contribution is -2.20. The van der Waals surface area contributed by atoms with E-state index in [9.17, 15) is 13.2 Å². The van der Waals surface area contributed by atoms with Crippen LogP contribution in [0, 0.1) is 5.92 Å². The molecular formula is C18H20N2O4S2. The van der Waals surface area contributed by atoms with Gasteiger partial charge in [-0.3, -0.25) is 9.52 Å². The van der Waals surface area contributed by atoms with Gasteiger partial charge < -0.3 is 10.1 Å². The molecule has 3 rings (SSSR count). The molecule has 2 aromatic carbocycles. The number of amides is 1. The first kappa shape index (κ1) is 18.6. The Labute approximate surface area is 157 Å². The van der Waals surface area contributed by atoms with Crippen molar-refractivity contribution in [1.82, 2.24) is 0 Å². The number of carbonyl (C=O) groups is 1. The van der Waals surface area contributed by atoms with E-state index in [4.69, 9.17) is 4.74 Å². The van der Waals surface area contributed by atoms with Crippen LogP contribution in [0.4, 0.5) is 11.4 Å². The van der Waals surface area contributed by atoms with E-state index >= 15 is 0 Å². The quantitative estimate of drug-likeness (QED) is 0.813. The summed E-state index contributed by atoms with van der Waals surface area (Å²) in [6.45, 7) is 4.27. The third-order valence-corrected chi connectivity index (χ3v) is 6.59. The predicted octanol–water partition coefficient (Wildman–Crippen LogP) is 3.57. The van der Waals surface area contributed by atoms with Gasteiger partial charge >= 0.3 is 0 Å². The van der Waals surface area contributed by atoms with E-state index in [1.165, 1.54) is 17.8 Å². The molecule has 2 aromatic rings. The number of fused-ring (bicyclic) bond motifs is 1. The second-order valence-corrected chi connectivity index (χ2v) is 8.67. The van der Waals surface area contributed by atoms with Gasteiger partial charge in [0.2, 0.25) is 5.91 Å². The first-order chi connectivity index (χ1) is 12.4. The Balaban J connectivity index is 1.83. The minimum atomic E-state index is -3.77. The van der Waals surface area contributed by atoms with Crippen molar-refractivity contribution in [2.75, 3.05) is 22.4 Å². The number of rotatable bonds is 5. The van der Waals surface area contributed by atoms with E-state index in [0.29, 0.717) is 29.5 Å². The number of thioether (sulfide) groups is 1. The Morgan fingerprint density at radius 1 is 1.23 bits per heavy atom. The van der Waals surface area contributed by atoms with Crippen molar-refractivity contribution in [1.29, 1.82) is 0 Å². The van der Waals surface area contributed by atoms with Crippen LogP contribution in [0.5, 0.6) is 5.75 Å². The molecule has 0 bridgehead atoms. The Bertz CT molecular complexity index is 911. The summed E-state index contributed by atoms with van der Waals surface area (Å²) in [5.74, 6) is 1.10. The number of hydrogen-bond acceptors (Lipinski definition) is 5. The molecule has 0 aliphatic carbocycles. The van der Waals surface area contributed by atoms with E-state index in [1.807, 2.05) is 13.8 Å². The Morgan fingerprint density at radius 2 is 1.96 bits per heavy atom. The van der Waals surface area contributed by atoms with Gasteiger partial charge in [0.1, 0.15) is 5.75 Å². The Kier molecular flexibility index (Phi) is 5.43. The fourth-order valence-corrected chi connectivity index (χ4v) is 4.54. The topological polar surface area (TPSA) is 84.5 Å². The van der Waals surface area contributed by atoms with Crippen molar-refractivity contribution in [3.05, 3.63) is 42.5 Å². The molecule has 1 heterocycles. The Hall–Kier alpha value is -2.19. The van der Waals surface area contributed by atoms with Gasteiger partial charge in [-0.15, -0.1) is 11.8 Å². The zero-order valence-electron chi connectivity index (χ0n) is 14.5. The van der Waals surface area contributed by atoms with E-state index in [2.05, 4.69) is 10.0 Å². The van der Waals surface area contributed by atoms with E-state index in [-0.39, 0.29) is 16.7 Å². The number of sulfonamides is 1. The second-order valence-electron chi connectivity index (χ2n) is 5.92. The van der Waals surface area contributed by atoms with Crippen molar-refractivity contribution in [2.24, 2.45) is 5.92 Å². The van der Waals surface area contributed by atoms with E-state index in [0.717, 1.165) is 4.90 Å². The molecule has 1 atom stereocenters. The van der Waals surface area contributed by atoms with Crippen LogP contribution in [0.3, 0.4) is 0 Å². The van der Waals surface area contributed by atoms with Gasteiger partial charge in [-0.1, -0.05) is 6.92 Å². The predicted molar refractivity (Wildman–Crippen MR) is 103 cm³/mol. The fourth-order valence-electron chi connectivity index (χ4n) is 2.45. The molecule has 0 unspecified atom stereocenters. The molecule has 8 heteroatoms. The third kappa shape index (κ3) is 4.13. The van der Waals surface area contributed by atoms with Crippen LogP contribution in [-0.4, -0.2) is 26.7 Å². The number of hydrogen-bond donors (Lipinski definition) is 2. The monoisotopic (exact) mass is 392 g/mol. The van der Waals surface area contributed by atoms with Crippen LogP contribution < -0.4 is 14.8 Å². The number of anilines is 2. The first-order valence-corrected chi connectivity index (χ1v) is 10.7. The number of nitrogens with one attached hydrogen (secondary N) is 2. The molecule has 0 aromatic heterocycles. The van der Waals surface area contributed by atoms with Gasteiger partial charge in [0.05, 0.1) is 17.2 Å². The second kappa shape index (κ2) is 7.59. The van der Waals surface area contributed by atoms with E-state index in [1.54, 1.807) is 36.4 Å². The number of ether oxygens (including phenoxy) is 1. The summed E-state index contributed by atoms with van der Waals surface area (Å²) in [7, 11) is -3.77. The molecule has 138 valence electrons. The van der Waals surface area contributed by atoms with Crippen LogP contribution in [0.1, 0.15) is 13.8 Å². The minimum Gasteiger partial charge on any atom is -0.494 e. The lowest BCUT2D eigenvalue weighted by molar-refractivity contribution is -0.118. The summed E-state index contributed by atoms with van der Waals surface area (Å²) >= 11 is 1.54. The maximum absolute atomic E-state index is 12.7. The molecule has 6 nitrogen and oxygen atoms in total. The molecule has 0 spiro atoms. The first-order valence-electron chi connectivity index (χ1n) is 8.22. The Morgan fingerprint density at radius 3 is 2.65 bits per heavy atom. The standard InChI is InChI=1S/C18H20N2O4S2/c1-3-24-14-6-4-13(5-7-14)20-26(22,23)15-8-9-17-16(10-15)19-18(21)12(2)11-25-17/h4-10,12,20H,3,11H2,1-2H3,(H,19,21)/t12-/m0/s1. The SMILES string of the molecule is CCOc1ccc(NS(=O)(=O)c2ccc3c(c2)NC(=O)[C@@H](C)CS3)cc1. The largest absolute Gasteiger partial charge is 0.494 e. The highest BCUT2D eigenvalue weighted by Gasteiger charge is 2.23. The summed E-state index contributed by atoms with van der Waals surface area (Å²) in [5, 5.41) is 2.80. The molecule has 0 radical (unpaired) electrons. The summed E-state index contributed by atoms with van der Waals surface area (Å²) in [4.78, 5) is 13.0. The minimum absolute atomic E-state index is 0.0978. The number of benzene rings is 2. The van der Waals surface area contributed by atoms with Crippen molar-refractivity contribution in [3.8, 4) is 5.75 Å². The number of carbonyl (C=O) groups excluding carboxylic acids is 1. The summed E-state index contributed by atoms with van der Waals surface area (Å²) in [5.41, 5.74) is 0.967. The molecule has 2 N–H and O–H groups in total.